The number of ether oxygens (including phenoxy) is 3. The van der Waals surface area contributed by atoms with Gasteiger partial charge in [0.25, 0.3) is 0 Å². The molecular weight excluding hydrogens is 395 g/mol. The number of halogens is 1. The van der Waals surface area contributed by atoms with Crippen LogP contribution in [-0.4, -0.2) is 24.4 Å². The molecule has 3 aromatic rings. The van der Waals surface area contributed by atoms with Gasteiger partial charge in [0.05, 0.1) is 25.5 Å². The van der Waals surface area contributed by atoms with Crippen molar-refractivity contribution >= 4 is 5.71 Å². The molecule has 31 heavy (non-hydrogen) atoms. The maximum absolute atomic E-state index is 13.4. The van der Waals surface area contributed by atoms with Crippen LogP contribution >= 0.6 is 0 Å². The van der Waals surface area contributed by atoms with Crippen LogP contribution < -0.4 is 14.2 Å². The SMILES string of the molecule is CCOc1cccc2c1O[C@@H](c1cccc(OC)c1)N1N=C(c3ccc(F)cc3)C[C@H]21. The highest BCUT2D eigenvalue weighted by atomic mass is 19.1. The molecule has 0 aromatic heterocycles. The summed E-state index contributed by atoms with van der Waals surface area (Å²) in [5, 5.41) is 6.91. The first-order valence-electron chi connectivity index (χ1n) is 10.4. The molecule has 158 valence electrons. The maximum Gasteiger partial charge on any atom is 0.214 e. The largest absolute Gasteiger partial charge is 0.497 e. The Morgan fingerprint density at radius 1 is 1.10 bits per heavy atom. The quantitative estimate of drug-likeness (QED) is 0.551. The van der Waals surface area contributed by atoms with Crippen LogP contribution in [-0.2, 0) is 0 Å². The molecule has 5 nitrogen and oxygen atoms in total. The van der Waals surface area contributed by atoms with Gasteiger partial charge >= 0.3 is 0 Å². The monoisotopic (exact) mass is 418 g/mol. The van der Waals surface area contributed by atoms with Gasteiger partial charge in [-0.25, -0.2) is 9.40 Å². The summed E-state index contributed by atoms with van der Waals surface area (Å²) < 4.78 is 31.2. The smallest absolute Gasteiger partial charge is 0.214 e. The summed E-state index contributed by atoms with van der Waals surface area (Å²) in [5.41, 5.74) is 3.77. The molecule has 0 aliphatic carbocycles. The number of hydrogen-bond donors (Lipinski definition) is 0. The molecule has 0 N–H and O–H groups in total. The lowest BCUT2D eigenvalue weighted by Crippen LogP contribution is -2.34. The highest BCUT2D eigenvalue weighted by Gasteiger charge is 2.42. The van der Waals surface area contributed by atoms with E-state index in [2.05, 4.69) is 6.07 Å². The summed E-state index contributed by atoms with van der Waals surface area (Å²) in [4.78, 5) is 0. The van der Waals surface area contributed by atoms with Crippen LogP contribution in [0, 0.1) is 5.82 Å². The van der Waals surface area contributed by atoms with Crippen molar-refractivity contribution in [2.45, 2.75) is 25.6 Å². The third-order valence-electron chi connectivity index (χ3n) is 5.64. The Hall–Kier alpha value is -3.54. The van der Waals surface area contributed by atoms with Crippen LogP contribution in [0.5, 0.6) is 17.2 Å². The minimum absolute atomic E-state index is 0.0135. The second-order valence-corrected chi connectivity index (χ2v) is 7.51. The number of fused-ring (bicyclic) bond motifs is 3. The number of nitrogens with zero attached hydrogens (tertiary/aromatic N) is 2. The van der Waals surface area contributed by atoms with E-state index in [4.69, 9.17) is 19.3 Å². The number of methoxy groups -OCH3 is 1. The number of rotatable bonds is 5. The third kappa shape index (κ3) is 3.48. The summed E-state index contributed by atoms with van der Waals surface area (Å²) in [7, 11) is 1.65. The van der Waals surface area contributed by atoms with Crippen molar-refractivity contribution in [3.05, 3.63) is 89.2 Å². The van der Waals surface area contributed by atoms with Crippen molar-refractivity contribution in [1.82, 2.24) is 5.01 Å². The van der Waals surface area contributed by atoms with Crippen LogP contribution in [0.3, 0.4) is 0 Å². The molecule has 2 aliphatic rings. The first kappa shape index (κ1) is 19.4. The first-order valence-corrected chi connectivity index (χ1v) is 10.4. The summed E-state index contributed by atoms with van der Waals surface area (Å²) in [5.74, 6) is 1.96. The van der Waals surface area contributed by atoms with Crippen LogP contribution in [0.1, 0.15) is 42.3 Å². The van der Waals surface area contributed by atoms with E-state index < -0.39 is 6.23 Å². The molecule has 0 radical (unpaired) electrons. The van der Waals surface area contributed by atoms with E-state index in [-0.39, 0.29) is 11.9 Å². The van der Waals surface area contributed by atoms with Crippen molar-refractivity contribution < 1.29 is 18.6 Å². The third-order valence-corrected chi connectivity index (χ3v) is 5.64. The number of hydrazone groups is 1. The van der Waals surface area contributed by atoms with Crippen molar-refractivity contribution in [3.8, 4) is 17.2 Å². The van der Waals surface area contributed by atoms with Gasteiger partial charge in [0.15, 0.2) is 11.5 Å². The van der Waals surface area contributed by atoms with Gasteiger partial charge in [0.1, 0.15) is 11.6 Å². The molecule has 0 saturated carbocycles. The summed E-state index contributed by atoms with van der Waals surface area (Å²) in [6.07, 6.45) is 0.255. The second-order valence-electron chi connectivity index (χ2n) is 7.51. The van der Waals surface area contributed by atoms with E-state index in [9.17, 15) is 4.39 Å². The molecular formula is C25H23FN2O3. The molecule has 2 atom stereocenters. The number of benzene rings is 3. The molecule has 2 heterocycles. The van der Waals surface area contributed by atoms with E-state index in [1.54, 1.807) is 19.2 Å². The van der Waals surface area contributed by atoms with Gasteiger partial charge in [-0.1, -0.05) is 36.4 Å². The summed E-state index contributed by atoms with van der Waals surface area (Å²) >= 11 is 0. The fraction of sp³-hybridized carbons (Fsp3) is 0.240. The zero-order valence-corrected chi connectivity index (χ0v) is 17.4. The van der Waals surface area contributed by atoms with Crippen LogP contribution in [0.2, 0.25) is 0 Å². The van der Waals surface area contributed by atoms with E-state index >= 15 is 0 Å². The Balaban J connectivity index is 1.61. The predicted octanol–water partition coefficient (Wildman–Crippen LogP) is 5.48. The Kier molecular flexibility index (Phi) is 4.98. The molecule has 6 heteroatoms. The van der Waals surface area contributed by atoms with Crippen molar-refractivity contribution in [1.29, 1.82) is 0 Å². The van der Waals surface area contributed by atoms with E-state index in [0.717, 1.165) is 39.7 Å². The van der Waals surface area contributed by atoms with Crippen LogP contribution in [0.4, 0.5) is 4.39 Å². The second kappa shape index (κ2) is 7.95. The van der Waals surface area contributed by atoms with Gasteiger partial charge in [-0.2, -0.15) is 5.10 Å². The molecule has 0 unspecified atom stereocenters. The lowest BCUT2D eigenvalue weighted by atomic mass is 9.95. The number of para-hydroxylation sites is 1. The van der Waals surface area contributed by atoms with Crippen molar-refractivity contribution in [3.63, 3.8) is 0 Å². The van der Waals surface area contributed by atoms with Crippen molar-refractivity contribution in [2.75, 3.05) is 13.7 Å². The average Bonchev–Trinajstić information content (AvgIpc) is 3.25. The van der Waals surface area contributed by atoms with Gasteiger partial charge in [0.2, 0.25) is 6.23 Å². The maximum atomic E-state index is 13.4. The predicted molar refractivity (Wildman–Crippen MR) is 116 cm³/mol. The minimum Gasteiger partial charge on any atom is -0.497 e. The first-order chi connectivity index (χ1) is 15.2. The Morgan fingerprint density at radius 2 is 1.90 bits per heavy atom. The normalized spacial score (nSPS) is 19.2. The molecule has 0 amide bonds. The zero-order valence-electron chi connectivity index (χ0n) is 17.4. The minimum atomic E-state index is -0.438. The molecule has 0 bridgehead atoms. The molecule has 3 aromatic carbocycles. The van der Waals surface area contributed by atoms with Gasteiger partial charge < -0.3 is 14.2 Å². The van der Waals surface area contributed by atoms with Crippen LogP contribution in [0.15, 0.2) is 71.8 Å². The van der Waals surface area contributed by atoms with Crippen LogP contribution in [0.25, 0.3) is 0 Å². The topological polar surface area (TPSA) is 43.3 Å². The molecule has 5 rings (SSSR count). The van der Waals surface area contributed by atoms with Gasteiger partial charge in [-0.3, -0.25) is 0 Å². The standard InChI is InChI=1S/C25H23FN2O3/c1-3-30-23-9-5-8-20-22-15-21(16-10-12-18(26)13-11-16)27-28(22)25(31-24(20)23)17-6-4-7-19(14-17)29-2/h4-14,22,25H,3,15H2,1-2H3/t22-,25+/m1/s1. The summed E-state index contributed by atoms with van der Waals surface area (Å²) in [6, 6.07) is 20.2. The lowest BCUT2D eigenvalue weighted by Gasteiger charge is -2.38. The lowest BCUT2D eigenvalue weighted by molar-refractivity contribution is -0.0213. The molecule has 0 spiro atoms. The molecule has 0 saturated heterocycles. The fourth-order valence-electron chi connectivity index (χ4n) is 4.18. The highest BCUT2D eigenvalue weighted by Crippen LogP contribution is 2.50. The van der Waals surface area contributed by atoms with Gasteiger partial charge in [-0.15, -0.1) is 0 Å². The van der Waals surface area contributed by atoms with E-state index in [1.165, 1.54) is 12.1 Å². The fourth-order valence-corrected chi connectivity index (χ4v) is 4.18. The van der Waals surface area contributed by atoms with Gasteiger partial charge in [-0.05, 0) is 42.8 Å². The molecule has 0 fully saturated rings. The van der Waals surface area contributed by atoms with E-state index in [0.29, 0.717) is 13.0 Å². The number of hydrogen-bond acceptors (Lipinski definition) is 5. The zero-order chi connectivity index (χ0) is 21.4. The van der Waals surface area contributed by atoms with Gasteiger partial charge in [0, 0.05) is 17.5 Å². The average molecular weight is 418 g/mol. The van der Waals surface area contributed by atoms with Crippen molar-refractivity contribution in [2.24, 2.45) is 5.10 Å². The summed E-state index contributed by atoms with van der Waals surface area (Å²) in [6.45, 7) is 2.51. The molecule has 2 aliphatic heterocycles. The Bertz CT molecular complexity index is 1130. The highest BCUT2D eigenvalue weighted by molar-refractivity contribution is 6.02. The van der Waals surface area contributed by atoms with E-state index in [1.807, 2.05) is 48.3 Å². The Labute approximate surface area is 180 Å². The Morgan fingerprint density at radius 3 is 2.68 bits per heavy atom.